The lowest BCUT2D eigenvalue weighted by molar-refractivity contribution is 0.0691. The number of ether oxygens (including phenoxy) is 1. The highest BCUT2D eigenvalue weighted by molar-refractivity contribution is 7.99. The Kier molecular flexibility index (Phi) is 3.89. The number of rotatable bonds is 1. The van der Waals surface area contributed by atoms with Gasteiger partial charge in [-0.25, -0.2) is 0 Å². The monoisotopic (exact) mass is 180 g/mol. The molecule has 1 aliphatic heterocycles. The maximum absolute atomic E-state index is 5.66. The molecular weight excluding hydrogens is 168 g/mol. The van der Waals surface area contributed by atoms with Crippen LogP contribution in [0.25, 0.3) is 0 Å². The van der Waals surface area contributed by atoms with E-state index in [1.165, 1.54) is 5.75 Å². The van der Waals surface area contributed by atoms with E-state index in [1.807, 2.05) is 11.8 Å². The lowest BCUT2D eigenvalue weighted by Gasteiger charge is -2.10. The summed E-state index contributed by atoms with van der Waals surface area (Å²) in [6.45, 7) is 3.09. The van der Waals surface area contributed by atoms with Crippen LogP contribution < -0.4 is 0 Å². The smallest absolute Gasteiger partial charge is 0.0800 e. The van der Waals surface area contributed by atoms with Crippen LogP contribution in [-0.2, 0) is 4.74 Å². The van der Waals surface area contributed by atoms with E-state index >= 15 is 0 Å². The Morgan fingerprint density at radius 1 is 1.60 bits per heavy atom. The second-order valence-corrected chi connectivity index (χ2v) is 4.14. The van der Waals surface area contributed by atoms with Gasteiger partial charge in [0.2, 0.25) is 0 Å². The van der Waals surface area contributed by atoms with Crippen molar-refractivity contribution in [2.45, 2.75) is 13.0 Å². The van der Waals surface area contributed by atoms with Gasteiger partial charge in [-0.3, -0.25) is 0 Å². The normalized spacial score (nSPS) is 35.4. The summed E-state index contributed by atoms with van der Waals surface area (Å²) in [5.41, 5.74) is 0. The molecule has 0 N–H and O–H groups in total. The predicted octanol–water partition coefficient (Wildman–Crippen LogP) is 1.99. The van der Waals surface area contributed by atoms with Crippen molar-refractivity contribution in [1.82, 2.24) is 0 Å². The second-order valence-electron chi connectivity index (χ2n) is 2.75. The molecule has 0 amide bonds. The Bertz CT molecular complexity index is 99.6. The number of alkyl halides is 1. The van der Waals surface area contributed by atoms with Gasteiger partial charge in [-0.05, 0) is 11.7 Å². The number of hydrogen-bond acceptors (Lipinski definition) is 2. The summed E-state index contributed by atoms with van der Waals surface area (Å²) in [5, 5.41) is 0. The van der Waals surface area contributed by atoms with E-state index in [1.54, 1.807) is 0 Å². The Morgan fingerprint density at radius 2 is 2.40 bits per heavy atom. The molecule has 0 aromatic heterocycles. The summed E-state index contributed by atoms with van der Waals surface area (Å²) in [7, 11) is 0. The van der Waals surface area contributed by atoms with Crippen LogP contribution >= 0.6 is 23.4 Å². The number of hydrogen-bond donors (Lipinski definition) is 0. The highest BCUT2D eigenvalue weighted by atomic mass is 35.5. The van der Waals surface area contributed by atoms with Crippen molar-refractivity contribution in [3.63, 3.8) is 0 Å². The lowest BCUT2D eigenvalue weighted by atomic mass is 10.2. The molecule has 60 valence electrons. The van der Waals surface area contributed by atoms with Gasteiger partial charge < -0.3 is 4.74 Å². The average molecular weight is 181 g/mol. The fraction of sp³-hybridized carbons (Fsp3) is 1.00. The average Bonchev–Trinajstić information content (AvgIpc) is 2.14. The molecule has 2 unspecified atom stereocenters. The largest absolute Gasteiger partial charge is 0.376 e. The second kappa shape index (κ2) is 4.47. The molecule has 1 saturated heterocycles. The number of halogens is 1. The molecule has 1 rings (SSSR count). The predicted molar refractivity (Wildman–Crippen MR) is 46.9 cm³/mol. The van der Waals surface area contributed by atoms with E-state index in [2.05, 4.69) is 6.92 Å². The fourth-order valence-electron chi connectivity index (χ4n) is 0.886. The van der Waals surface area contributed by atoms with Crippen molar-refractivity contribution >= 4 is 23.4 Å². The van der Waals surface area contributed by atoms with Crippen LogP contribution in [-0.4, -0.2) is 30.1 Å². The van der Waals surface area contributed by atoms with Gasteiger partial charge in [-0.2, -0.15) is 11.8 Å². The van der Waals surface area contributed by atoms with Gasteiger partial charge in [0.15, 0.2) is 0 Å². The molecular formula is C7H13ClOS. The zero-order valence-electron chi connectivity index (χ0n) is 6.18. The van der Waals surface area contributed by atoms with Crippen molar-refractivity contribution in [3.05, 3.63) is 0 Å². The molecule has 1 fully saturated rings. The van der Waals surface area contributed by atoms with Gasteiger partial charge in [0, 0.05) is 11.6 Å². The molecule has 0 aromatic carbocycles. The van der Waals surface area contributed by atoms with Crippen molar-refractivity contribution in [2.24, 2.45) is 5.92 Å². The molecule has 2 atom stereocenters. The molecule has 1 aliphatic rings. The van der Waals surface area contributed by atoms with Gasteiger partial charge in [0.1, 0.15) is 0 Å². The summed E-state index contributed by atoms with van der Waals surface area (Å²) < 4.78 is 5.51. The highest BCUT2D eigenvalue weighted by Crippen LogP contribution is 2.17. The van der Waals surface area contributed by atoms with Crippen molar-refractivity contribution in [2.75, 3.05) is 24.0 Å². The summed E-state index contributed by atoms with van der Waals surface area (Å²) >= 11 is 7.61. The van der Waals surface area contributed by atoms with Gasteiger partial charge in [-0.1, -0.05) is 6.92 Å². The lowest BCUT2D eigenvalue weighted by Crippen LogP contribution is -2.17. The first-order valence-electron chi connectivity index (χ1n) is 3.58. The minimum atomic E-state index is 0.289. The van der Waals surface area contributed by atoms with Gasteiger partial charge in [0.05, 0.1) is 12.7 Å². The van der Waals surface area contributed by atoms with Crippen molar-refractivity contribution < 1.29 is 4.74 Å². The molecule has 10 heavy (non-hydrogen) atoms. The van der Waals surface area contributed by atoms with Crippen LogP contribution in [0.3, 0.4) is 0 Å². The Balaban J connectivity index is 2.26. The minimum Gasteiger partial charge on any atom is -0.376 e. The Hall–Kier alpha value is 0.600. The van der Waals surface area contributed by atoms with E-state index in [-0.39, 0.29) is 6.10 Å². The Morgan fingerprint density at radius 3 is 3.10 bits per heavy atom. The van der Waals surface area contributed by atoms with Crippen LogP contribution in [0.5, 0.6) is 0 Å². The van der Waals surface area contributed by atoms with Crippen LogP contribution in [0.15, 0.2) is 0 Å². The molecule has 1 nitrogen and oxygen atoms in total. The highest BCUT2D eigenvalue weighted by Gasteiger charge is 2.15. The Labute approximate surface area is 71.5 Å². The molecule has 0 spiro atoms. The third-order valence-electron chi connectivity index (χ3n) is 1.49. The van der Waals surface area contributed by atoms with E-state index in [0.717, 1.165) is 12.4 Å². The first kappa shape index (κ1) is 8.69. The minimum absolute atomic E-state index is 0.289. The fourth-order valence-corrected chi connectivity index (χ4v) is 2.33. The summed E-state index contributed by atoms with van der Waals surface area (Å²) in [6.07, 6.45) is 0.289. The van der Waals surface area contributed by atoms with Gasteiger partial charge in [0.25, 0.3) is 0 Å². The standard InChI is InChI=1S/C7H13ClOS/c1-6-3-9-7(2-8)5-10-4-6/h6-7H,2-5H2,1H3. The summed E-state index contributed by atoms with van der Waals surface area (Å²) in [6, 6.07) is 0. The molecule has 0 aromatic rings. The zero-order valence-corrected chi connectivity index (χ0v) is 7.75. The molecule has 0 radical (unpaired) electrons. The summed E-state index contributed by atoms with van der Waals surface area (Å²) in [5.74, 6) is 3.61. The molecule has 0 aliphatic carbocycles. The SMILES string of the molecule is CC1COC(CCl)CSC1. The van der Waals surface area contributed by atoms with Crippen molar-refractivity contribution in [1.29, 1.82) is 0 Å². The molecule has 0 bridgehead atoms. The first-order chi connectivity index (χ1) is 4.83. The van der Waals surface area contributed by atoms with Crippen LogP contribution in [0, 0.1) is 5.92 Å². The van der Waals surface area contributed by atoms with Crippen molar-refractivity contribution in [3.8, 4) is 0 Å². The molecule has 1 heterocycles. The molecule has 3 heteroatoms. The first-order valence-corrected chi connectivity index (χ1v) is 5.27. The maximum Gasteiger partial charge on any atom is 0.0800 e. The van der Waals surface area contributed by atoms with Gasteiger partial charge in [-0.15, -0.1) is 11.6 Å². The zero-order chi connectivity index (χ0) is 7.40. The van der Waals surface area contributed by atoms with E-state index in [4.69, 9.17) is 16.3 Å². The van der Waals surface area contributed by atoms with E-state index in [0.29, 0.717) is 11.8 Å². The quantitative estimate of drug-likeness (QED) is 0.571. The third-order valence-corrected chi connectivity index (χ3v) is 3.25. The maximum atomic E-state index is 5.66. The third kappa shape index (κ3) is 2.69. The van der Waals surface area contributed by atoms with Crippen LogP contribution in [0.2, 0.25) is 0 Å². The van der Waals surface area contributed by atoms with E-state index in [9.17, 15) is 0 Å². The molecule has 0 saturated carbocycles. The van der Waals surface area contributed by atoms with Crippen LogP contribution in [0.4, 0.5) is 0 Å². The van der Waals surface area contributed by atoms with E-state index < -0.39 is 0 Å². The topological polar surface area (TPSA) is 9.23 Å². The van der Waals surface area contributed by atoms with Gasteiger partial charge >= 0.3 is 0 Å². The summed E-state index contributed by atoms with van der Waals surface area (Å²) in [4.78, 5) is 0. The number of thioether (sulfide) groups is 1. The van der Waals surface area contributed by atoms with Crippen LogP contribution in [0.1, 0.15) is 6.92 Å².